The van der Waals surface area contributed by atoms with Crippen LogP contribution >= 0.6 is 15.9 Å². The number of hydrogen-bond donors (Lipinski definition) is 0. The molecule has 1 aliphatic heterocycles. The van der Waals surface area contributed by atoms with Crippen LogP contribution in [0, 0.1) is 6.92 Å². The van der Waals surface area contributed by atoms with Crippen LogP contribution in [-0.4, -0.2) is 12.4 Å². The Balaban J connectivity index is 2.00. The average Bonchev–Trinajstić information content (AvgIpc) is 2.49. The molecule has 0 atom stereocenters. The zero-order chi connectivity index (χ0) is 14.1. The van der Waals surface area contributed by atoms with Gasteiger partial charge in [-0.15, -0.1) is 0 Å². The van der Waals surface area contributed by atoms with E-state index in [2.05, 4.69) is 15.9 Å². The van der Waals surface area contributed by atoms with Crippen LogP contribution in [0.25, 0.3) is 0 Å². The van der Waals surface area contributed by atoms with E-state index >= 15 is 0 Å². The third-order valence-electron chi connectivity index (χ3n) is 3.61. The summed E-state index contributed by atoms with van der Waals surface area (Å²) in [6, 6.07) is 11.5. The van der Waals surface area contributed by atoms with Crippen molar-refractivity contribution in [1.82, 2.24) is 0 Å². The number of halogens is 1. The van der Waals surface area contributed by atoms with Gasteiger partial charge in [-0.3, -0.25) is 4.79 Å². The molecule has 102 valence electrons. The summed E-state index contributed by atoms with van der Waals surface area (Å²) in [4.78, 5) is 12.6. The third-order valence-corrected chi connectivity index (χ3v) is 4.66. The molecule has 0 N–H and O–H groups in total. The number of aryl methyl sites for hydroxylation is 2. The molecule has 0 radical (unpaired) electrons. The number of benzene rings is 2. The largest absolute Gasteiger partial charge is 0.493 e. The van der Waals surface area contributed by atoms with Crippen LogP contribution in [0.3, 0.4) is 0 Å². The summed E-state index contributed by atoms with van der Waals surface area (Å²) in [6.45, 7) is 2.76. The molecule has 3 rings (SSSR count). The van der Waals surface area contributed by atoms with E-state index in [1.54, 1.807) is 0 Å². The molecule has 0 bridgehead atoms. The number of fused-ring (bicyclic) bond motifs is 1. The van der Waals surface area contributed by atoms with Gasteiger partial charge in [-0.2, -0.15) is 0 Å². The first-order valence-electron chi connectivity index (χ1n) is 6.72. The highest BCUT2D eigenvalue weighted by molar-refractivity contribution is 9.10. The predicted octanol–water partition coefficient (Wildman–Crippen LogP) is 4.31. The van der Waals surface area contributed by atoms with Gasteiger partial charge in [0.05, 0.1) is 6.61 Å². The second-order valence-electron chi connectivity index (χ2n) is 5.04. The molecular weight excluding hydrogens is 316 g/mol. The van der Waals surface area contributed by atoms with Gasteiger partial charge in [0.25, 0.3) is 0 Å². The van der Waals surface area contributed by atoms with E-state index in [0.717, 1.165) is 46.4 Å². The number of hydrogen-bond acceptors (Lipinski definition) is 2. The van der Waals surface area contributed by atoms with Crippen molar-refractivity contribution in [3.8, 4) is 5.75 Å². The summed E-state index contributed by atoms with van der Waals surface area (Å²) >= 11 is 3.51. The summed E-state index contributed by atoms with van der Waals surface area (Å²) in [5, 5.41) is 0. The topological polar surface area (TPSA) is 26.3 Å². The number of ketones is 1. The van der Waals surface area contributed by atoms with Crippen molar-refractivity contribution < 1.29 is 9.53 Å². The van der Waals surface area contributed by atoms with Crippen molar-refractivity contribution in [2.24, 2.45) is 0 Å². The first-order chi connectivity index (χ1) is 9.66. The Labute approximate surface area is 126 Å². The Bertz CT molecular complexity index is 677. The number of rotatable bonds is 2. The van der Waals surface area contributed by atoms with E-state index in [4.69, 9.17) is 4.74 Å². The fourth-order valence-corrected chi connectivity index (χ4v) is 2.92. The lowest BCUT2D eigenvalue weighted by atomic mass is 9.97. The van der Waals surface area contributed by atoms with Crippen molar-refractivity contribution in [3.63, 3.8) is 0 Å². The Hall–Kier alpha value is -1.61. The van der Waals surface area contributed by atoms with E-state index < -0.39 is 0 Å². The van der Waals surface area contributed by atoms with Gasteiger partial charge in [0.2, 0.25) is 0 Å². The van der Waals surface area contributed by atoms with Gasteiger partial charge in [0.1, 0.15) is 5.75 Å². The number of carbonyl (C=O) groups excluding carboxylic acids is 1. The van der Waals surface area contributed by atoms with E-state index in [1.807, 2.05) is 43.3 Å². The quantitative estimate of drug-likeness (QED) is 0.767. The second kappa shape index (κ2) is 5.41. The van der Waals surface area contributed by atoms with E-state index in [9.17, 15) is 4.79 Å². The monoisotopic (exact) mass is 330 g/mol. The molecule has 2 aromatic carbocycles. The third kappa shape index (κ3) is 2.38. The maximum Gasteiger partial charge on any atom is 0.194 e. The molecule has 1 heterocycles. The van der Waals surface area contributed by atoms with Gasteiger partial charge in [0.15, 0.2) is 5.78 Å². The molecule has 0 saturated carbocycles. The minimum absolute atomic E-state index is 0.0500. The lowest BCUT2D eigenvalue weighted by Gasteiger charge is -2.17. The van der Waals surface area contributed by atoms with Crippen LogP contribution in [0.5, 0.6) is 5.75 Å². The minimum Gasteiger partial charge on any atom is -0.493 e. The zero-order valence-corrected chi connectivity index (χ0v) is 12.9. The molecule has 0 saturated heterocycles. The number of carbonyl (C=O) groups is 1. The first-order valence-corrected chi connectivity index (χ1v) is 7.51. The van der Waals surface area contributed by atoms with E-state index in [-0.39, 0.29) is 5.78 Å². The van der Waals surface area contributed by atoms with Crippen molar-refractivity contribution >= 4 is 21.7 Å². The van der Waals surface area contributed by atoms with Crippen molar-refractivity contribution in [2.75, 3.05) is 6.61 Å². The molecule has 1 aliphatic rings. The van der Waals surface area contributed by atoms with Gasteiger partial charge < -0.3 is 4.74 Å². The first kappa shape index (κ1) is 13.4. The summed E-state index contributed by atoms with van der Waals surface area (Å²) in [7, 11) is 0. The van der Waals surface area contributed by atoms with Gasteiger partial charge in [-0.25, -0.2) is 0 Å². The fraction of sp³-hybridized carbons (Fsp3) is 0.235. The fourth-order valence-electron chi connectivity index (χ4n) is 2.48. The smallest absolute Gasteiger partial charge is 0.194 e. The molecule has 0 spiro atoms. The minimum atomic E-state index is 0.0500. The lowest BCUT2D eigenvalue weighted by Crippen LogP contribution is -2.10. The Morgan fingerprint density at radius 2 is 2.10 bits per heavy atom. The van der Waals surface area contributed by atoms with Crippen LogP contribution in [0.15, 0.2) is 40.9 Å². The molecule has 0 fully saturated rings. The van der Waals surface area contributed by atoms with Gasteiger partial charge in [-0.05, 0) is 71.1 Å². The highest BCUT2D eigenvalue weighted by Gasteiger charge is 2.17. The normalized spacial score (nSPS) is 13.5. The average molecular weight is 331 g/mol. The van der Waals surface area contributed by atoms with Gasteiger partial charge in [0, 0.05) is 15.6 Å². The van der Waals surface area contributed by atoms with Crippen LogP contribution in [0.1, 0.15) is 33.5 Å². The predicted molar refractivity (Wildman–Crippen MR) is 82.6 cm³/mol. The standard InChI is InChI=1S/C17H15BrO2/c1-11-4-2-6-14(16(11)18)17(19)13-7-8-15-12(10-13)5-3-9-20-15/h2,4,6-8,10H,3,5,9H2,1H3. The molecule has 3 heteroatoms. The summed E-state index contributed by atoms with van der Waals surface area (Å²) in [6.07, 6.45) is 1.99. The van der Waals surface area contributed by atoms with Crippen LogP contribution in [0.4, 0.5) is 0 Å². The van der Waals surface area contributed by atoms with Crippen molar-refractivity contribution in [2.45, 2.75) is 19.8 Å². The Kier molecular flexibility index (Phi) is 3.62. The number of ether oxygens (including phenoxy) is 1. The van der Waals surface area contributed by atoms with Crippen molar-refractivity contribution in [1.29, 1.82) is 0 Å². The molecule has 2 aromatic rings. The molecule has 0 aromatic heterocycles. The summed E-state index contributed by atoms with van der Waals surface area (Å²) < 4.78 is 6.46. The lowest BCUT2D eigenvalue weighted by molar-refractivity contribution is 0.103. The molecule has 2 nitrogen and oxygen atoms in total. The molecule has 0 amide bonds. The molecule has 0 unspecified atom stereocenters. The highest BCUT2D eigenvalue weighted by atomic mass is 79.9. The SMILES string of the molecule is Cc1cccc(C(=O)c2ccc3c(c2)CCCO3)c1Br. The maximum atomic E-state index is 12.6. The zero-order valence-electron chi connectivity index (χ0n) is 11.3. The molecule has 20 heavy (non-hydrogen) atoms. The summed E-state index contributed by atoms with van der Waals surface area (Å²) in [5.41, 5.74) is 3.63. The van der Waals surface area contributed by atoms with E-state index in [1.165, 1.54) is 0 Å². The van der Waals surface area contributed by atoms with E-state index in [0.29, 0.717) is 5.56 Å². The molecule has 0 aliphatic carbocycles. The highest BCUT2D eigenvalue weighted by Crippen LogP contribution is 2.28. The van der Waals surface area contributed by atoms with Crippen molar-refractivity contribution in [3.05, 3.63) is 63.1 Å². The molecular formula is C17H15BrO2. The Morgan fingerprint density at radius 1 is 1.25 bits per heavy atom. The summed E-state index contributed by atoms with van der Waals surface area (Å²) in [5.74, 6) is 0.963. The second-order valence-corrected chi connectivity index (χ2v) is 5.83. The van der Waals surface area contributed by atoms with Crippen LogP contribution in [-0.2, 0) is 6.42 Å². The Morgan fingerprint density at radius 3 is 2.95 bits per heavy atom. The van der Waals surface area contributed by atoms with Crippen LogP contribution in [0.2, 0.25) is 0 Å². The maximum absolute atomic E-state index is 12.6. The van der Waals surface area contributed by atoms with Crippen LogP contribution < -0.4 is 4.74 Å². The van der Waals surface area contributed by atoms with Gasteiger partial charge in [-0.1, -0.05) is 12.1 Å². The van der Waals surface area contributed by atoms with Gasteiger partial charge >= 0.3 is 0 Å².